The maximum absolute atomic E-state index is 10.7. The summed E-state index contributed by atoms with van der Waals surface area (Å²) in [6.45, 7) is 0.819. The fraction of sp³-hybridized carbons (Fsp3) is 0.0870. The molecule has 0 saturated carbocycles. The molecule has 0 aliphatic rings. The Morgan fingerprint density at radius 1 is 0.786 bits per heavy atom. The van der Waals surface area contributed by atoms with Gasteiger partial charge in [0.1, 0.15) is 0 Å². The van der Waals surface area contributed by atoms with E-state index in [0.717, 1.165) is 18.5 Å². The van der Waals surface area contributed by atoms with Gasteiger partial charge in [-0.2, -0.15) is 0 Å². The number of halogens is 1. The molecule has 0 unspecified atom stereocenters. The molecule has 4 aromatic rings. The molecule has 0 atom stereocenters. The number of nitro benzene ring substituents is 1. The lowest BCUT2D eigenvalue weighted by Gasteiger charge is -2.05. The number of nitrogens with zero attached hydrogens (tertiary/aromatic N) is 2. The van der Waals surface area contributed by atoms with Crippen LogP contribution in [-0.2, 0) is 13.0 Å². The van der Waals surface area contributed by atoms with Gasteiger partial charge in [-0.15, -0.1) is 0 Å². The van der Waals surface area contributed by atoms with Gasteiger partial charge in [-0.25, -0.2) is 4.57 Å². The molecule has 0 spiro atoms. The predicted molar refractivity (Wildman–Crippen MR) is 106 cm³/mol. The Bertz CT molecular complexity index is 1090. The average molecular weight is 391 g/mol. The molecular formula is C23H19ClN2O2. The molecule has 4 nitrogen and oxygen atoms in total. The van der Waals surface area contributed by atoms with Crippen molar-refractivity contribution in [2.45, 2.75) is 13.0 Å². The molecule has 0 fully saturated rings. The van der Waals surface area contributed by atoms with Gasteiger partial charge >= 0.3 is 0 Å². The van der Waals surface area contributed by atoms with Crippen molar-refractivity contribution in [2.24, 2.45) is 0 Å². The molecule has 5 heteroatoms. The number of nitro groups is 1. The maximum atomic E-state index is 10.7. The van der Waals surface area contributed by atoms with Crippen LogP contribution in [0, 0.1) is 10.1 Å². The standard InChI is InChI=1S/C23H19N2O2.ClH/c26-25(27)22-10-8-18(9-11-22)16-19-12-14-24(15-13-19)17-21-6-3-5-20-4-1-2-7-23(20)21;/h1-15H,16-17H2;1H/q+1;/p-1. The van der Waals surface area contributed by atoms with Crippen LogP contribution in [0.25, 0.3) is 10.8 Å². The Morgan fingerprint density at radius 2 is 1.43 bits per heavy atom. The second-order valence-electron chi connectivity index (χ2n) is 6.62. The molecule has 1 aromatic heterocycles. The number of aromatic nitrogens is 1. The average Bonchev–Trinajstić information content (AvgIpc) is 2.70. The number of pyridine rings is 1. The van der Waals surface area contributed by atoms with Gasteiger partial charge in [0.05, 0.1) is 4.92 Å². The third kappa shape index (κ3) is 4.35. The lowest BCUT2D eigenvalue weighted by Crippen LogP contribution is -3.00. The Kier molecular flexibility index (Phi) is 6.02. The van der Waals surface area contributed by atoms with Gasteiger partial charge in [0.15, 0.2) is 18.9 Å². The quantitative estimate of drug-likeness (QED) is 0.296. The molecule has 1 heterocycles. The van der Waals surface area contributed by atoms with Crippen molar-refractivity contribution in [1.29, 1.82) is 0 Å². The van der Waals surface area contributed by atoms with E-state index in [1.165, 1.54) is 21.9 Å². The van der Waals surface area contributed by atoms with Crippen molar-refractivity contribution < 1.29 is 21.9 Å². The first-order chi connectivity index (χ1) is 13.2. The van der Waals surface area contributed by atoms with Gasteiger partial charge in [-0.3, -0.25) is 10.1 Å². The Balaban J connectivity index is 0.00000225. The number of hydrogen-bond donors (Lipinski definition) is 0. The van der Waals surface area contributed by atoms with Gasteiger partial charge in [0.25, 0.3) is 5.69 Å². The Hall–Kier alpha value is -3.24. The van der Waals surface area contributed by atoms with Crippen LogP contribution in [0.1, 0.15) is 16.7 Å². The van der Waals surface area contributed by atoms with Gasteiger partial charge in [-0.05, 0) is 28.3 Å². The van der Waals surface area contributed by atoms with Crippen LogP contribution in [0.4, 0.5) is 5.69 Å². The van der Waals surface area contributed by atoms with Crippen LogP contribution in [0.3, 0.4) is 0 Å². The van der Waals surface area contributed by atoms with Crippen molar-refractivity contribution in [1.82, 2.24) is 0 Å². The molecule has 28 heavy (non-hydrogen) atoms. The number of hydrogen-bond acceptors (Lipinski definition) is 2. The minimum Gasteiger partial charge on any atom is -1.00 e. The summed E-state index contributed by atoms with van der Waals surface area (Å²) in [7, 11) is 0. The molecule has 4 rings (SSSR count). The molecule has 0 aliphatic heterocycles. The summed E-state index contributed by atoms with van der Waals surface area (Å²) in [4.78, 5) is 10.4. The van der Waals surface area contributed by atoms with E-state index >= 15 is 0 Å². The molecule has 0 N–H and O–H groups in total. The largest absolute Gasteiger partial charge is 1.00 e. The summed E-state index contributed by atoms with van der Waals surface area (Å²) in [5, 5.41) is 13.3. The summed E-state index contributed by atoms with van der Waals surface area (Å²) in [6.07, 6.45) is 4.93. The molecule has 3 aromatic carbocycles. The molecular weight excluding hydrogens is 372 g/mol. The monoisotopic (exact) mass is 390 g/mol. The Labute approximate surface area is 169 Å². The highest BCUT2D eigenvalue weighted by molar-refractivity contribution is 5.85. The third-order valence-electron chi connectivity index (χ3n) is 4.75. The van der Waals surface area contributed by atoms with E-state index < -0.39 is 0 Å². The minimum absolute atomic E-state index is 0. The lowest BCUT2D eigenvalue weighted by molar-refractivity contribution is -0.688. The zero-order valence-corrected chi connectivity index (χ0v) is 15.9. The highest BCUT2D eigenvalue weighted by Gasteiger charge is 2.08. The lowest BCUT2D eigenvalue weighted by atomic mass is 10.0. The molecule has 0 radical (unpaired) electrons. The van der Waals surface area contributed by atoms with E-state index in [0.29, 0.717) is 0 Å². The number of non-ortho nitro benzene ring substituents is 1. The summed E-state index contributed by atoms with van der Waals surface area (Å²) >= 11 is 0. The summed E-state index contributed by atoms with van der Waals surface area (Å²) in [6, 6.07) is 25.8. The first-order valence-corrected chi connectivity index (χ1v) is 8.87. The van der Waals surface area contributed by atoms with E-state index in [4.69, 9.17) is 0 Å². The number of fused-ring (bicyclic) bond motifs is 1. The maximum Gasteiger partial charge on any atom is 0.269 e. The third-order valence-corrected chi connectivity index (χ3v) is 4.75. The smallest absolute Gasteiger partial charge is 0.269 e. The van der Waals surface area contributed by atoms with Crippen LogP contribution in [0.5, 0.6) is 0 Å². The number of rotatable bonds is 5. The fourth-order valence-electron chi connectivity index (χ4n) is 3.31. The van der Waals surface area contributed by atoms with Crippen LogP contribution in [0.15, 0.2) is 91.3 Å². The molecule has 0 amide bonds. The highest BCUT2D eigenvalue weighted by Crippen LogP contribution is 2.18. The zero-order valence-electron chi connectivity index (χ0n) is 15.2. The van der Waals surface area contributed by atoms with Gasteiger partial charge in [0, 0.05) is 29.8 Å². The molecule has 140 valence electrons. The fourth-order valence-corrected chi connectivity index (χ4v) is 3.31. The van der Waals surface area contributed by atoms with Crippen molar-refractivity contribution >= 4 is 16.5 Å². The van der Waals surface area contributed by atoms with E-state index in [-0.39, 0.29) is 23.0 Å². The SMILES string of the molecule is O=[N+]([O-])c1ccc(Cc2cc[n+](Cc3cccc4ccccc34)cc2)cc1.[Cl-]. The van der Waals surface area contributed by atoms with E-state index in [2.05, 4.69) is 71.6 Å². The van der Waals surface area contributed by atoms with Crippen LogP contribution in [0.2, 0.25) is 0 Å². The molecule has 0 bridgehead atoms. The predicted octanol–water partition coefficient (Wildman–Crippen LogP) is 1.68. The van der Waals surface area contributed by atoms with E-state index in [1.54, 1.807) is 12.1 Å². The van der Waals surface area contributed by atoms with Gasteiger partial charge in [-0.1, -0.05) is 54.6 Å². The second kappa shape index (κ2) is 8.63. The normalized spacial score (nSPS) is 10.4. The molecule has 0 aliphatic carbocycles. The van der Waals surface area contributed by atoms with Crippen LogP contribution >= 0.6 is 0 Å². The summed E-state index contributed by atoms with van der Waals surface area (Å²) in [5.74, 6) is 0. The van der Waals surface area contributed by atoms with Crippen molar-refractivity contribution in [3.8, 4) is 0 Å². The highest BCUT2D eigenvalue weighted by atomic mass is 35.5. The minimum atomic E-state index is -0.373. The van der Waals surface area contributed by atoms with Crippen molar-refractivity contribution in [3.63, 3.8) is 0 Å². The first kappa shape index (κ1) is 19.5. The molecule has 0 saturated heterocycles. The van der Waals surface area contributed by atoms with Gasteiger partial charge < -0.3 is 12.4 Å². The van der Waals surface area contributed by atoms with Gasteiger partial charge in [0.2, 0.25) is 0 Å². The van der Waals surface area contributed by atoms with E-state index in [1.807, 2.05) is 12.1 Å². The second-order valence-corrected chi connectivity index (χ2v) is 6.62. The topological polar surface area (TPSA) is 47.0 Å². The van der Waals surface area contributed by atoms with Crippen LogP contribution < -0.4 is 17.0 Å². The van der Waals surface area contributed by atoms with Crippen molar-refractivity contribution in [2.75, 3.05) is 0 Å². The number of benzene rings is 3. The van der Waals surface area contributed by atoms with E-state index in [9.17, 15) is 10.1 Å². The van der Waals surface area contributed by atoms with Crippen molar-refractivity contribution in [3.05, 3.63) is 118 Å². The first-order valence-electron chi connectivity index (χ1n) is 8.87. The summed E-state index contributed by atoms with van der Waals surface area (Å²) < 4.78 is 2.17. The Morgan fingerprint density at radius 3 is 2.14 bits per heavy atom. The summed E-state index contributed by atoms with van der Waals surface area (Å²) in [5.41, 5.74) is 3.66. The van der Waals surface area contributed by atoms with Crippen LogP contribution in [-0.4, -0.2) is 4.92 Å². The zero-order chi connectivity index (χ0) is 18.6.